The van der Waals surface area contributed by atoms with Gasteiger partial charge in [0.2, 0.25) is 0 Å². The molecule has 1 aliphatic heterocycles. The summed E-state index contributed by atoms with van der Waals surface area (Å²) in [6.07, 6.45) is -2.57. The molecule has 2 aromatic rings. The molecule has 1 unspecified atom stereocenters. The number of anilines is 1. The van der Waals surface area contributed by atoms with Crippen molar-refractivity contribution >= 4 is 28.2 Å². The Morgan fingerprint density at radius 1 is 1.35 bits per heavy atom. The molecule has 0 bridgehead atoms. The predicted octanol–water partition coefficient (Wildman–Crippen LogP) is 4.03. The molecule has 8 heteroatoms. The van der Waals surface area contributed by atoms with Crippen molar-refractivity contribution in [2.24, 2.45) is 0 Å². The van der Waals surface area contributed by atoms with Crippen molar-refractivity contribution in [1.82, 2.24) is 9.88 Å². The second-order valence-corrected chi connectivity index (χ2v) is 7.65. The molecule has 0 aliphatic carbocycles. The SMILES string of the molecule is Nc1ncc(CN2CCSCC2c2cccc(C(F)(F)F)c2)s1. The van der Waals surface area contributed by atoms with Gasteiger partial charge in [0.15, 0.2) is 5.13 Å². The van der Waals surface area contributed by atoms with E-state index in [1.165, 1.54) is 23.5 Å². The van der Waals surface area contributed by atoms with Crippen molar-refractivity contribution in [2.45, 2.75) is 18.8 Å². The van der Waals surface area contributed by atoms with Gasteiger partial charge in [-0.15, -0.1) is 11.3 Å². The Hall–Kier alpha value is -1.25. The van der Waals surface area contributed by atoms with Crippen LogP contribution >= 0.6 is 23.1 Å². The summed E-state index contributed by atoms with van der Waals surface area (Å²) in [5.74, 6) is 1.76. The molecule has 2 heterocycles. The number of rotatable bonds is 3. The average molecular weight is 359 g/mol. The summed E-state index contributed by atoms with van der Waals surface area (Å²) < 4.78 is 38.8. The van der Waals surface area contributed by atoms with Crippen molar-refractivity contribution in [1.29, 1.82) is 0 Å². The smallest absolute Gasteiger partial charge is 0.375 e. The first kappa shape index (κ1) is 16.6. The molecule has 1 saturated heterocycles. The van der Waals surface area contributed by atoms with Gasteiger partial charge in [0, 0.05) is 41.7 Å². The highest BCUT2D eigenvalue weighted by molar-refractivity contribution is 7.99. The fourth-order valence-corrected chi connectivity index (χ4v) is 4.52. The second-order valence-electron chi connectivity index (χ2n) is 5.35. The third kappa shape index (κ3) is 3.99. The molecule has 1 aliphatic rings. The molecule has 23 heavy (non-hydrogen) atoms. The van der Waals surface area contributed by atoms with Crippen molar-refractivity contribution in [2.75, 3.05) is 23.8 Å². The monoisotopic (exact) mass is 359 g/mol. The number of thioether (sulfide) groups is 1. The van der Waals surface area contributed by atoms with E-state index in [0.29, 0.717) is 17.2 Å². The number of hydrogen-bond acceptors (Lipinski definition) is 5. The van der Waals surface area contributed by atoms with E-state index in [1.54, 1.807) is 24.0 Å². The Morgan fingerprint density at radius 2 is 2.17 bits per heavy atom. The number of halogens is 3. The van der Waals surface area contributed by atoms with Crippen LogP contribution in [0.5, 0.6) is 0 Å². The number of hydrogen-bond donors (Lipinski definition) is 1. The zero-order chi connectivity index (χ0) is 16.4. The highest BCUT2D eigenvalue weighted by Gasteiger charge is 2.32. The van der Waals surface area contributed by atoms with Crippen LogP contribution in [0.2, 0.25) is 0 Å². The van der Waals surface area contributed by atoms with E-state index >= 15 is 0 Å². The largest absolute Gasteiger partial charge is 0.416 e. The van der Waals surface area contributed by atoms with Gasteiger partial charge in [0.05, 0.1) is 5.56 Å². The van der Waals surface area contributed by atoms with Gasteiger partial charge in [0.25, 0.3) is 0 Å². The fraction of sp³-hybridized carbons (Fsp3) is 0.400. The van der Waals surface area contributed by atoms with E-state index in [4.69, 9.17) is 5.73 Å². The van der Waals surface area contributed by atoms with Crippen LogP contribution < -0.4 is 5.73 Å². The lowest BCUT2D eigenvalue weighted by molar-refractivity contribution is -0.137. The van der Waals surface area contributed by atoms with Gasteiger partial charge in [-0.3, -0.25) is 4.90 Å². The summed E-state index contributed by atoms with van der Waals surface area (Å²) in [4.78, 5) is 7.28. The van der Waals surface area contributed by atoms with Crippen molar-refractivity contribution in [3.8, 4) is 0 Å². The number of nitrogens with zero attached hydrogens (tertiary/aromatic N) is 2. The lowest BCUT2D eigenvalue weighted by Gasteiger charge is -2.35. The Kier molecular flexibility index (Phi) is 4.84. The van der Waals surface area contributed by atoms with E-state index in [0.717, 1.165) is 29.0 Å². The molecule has 1 fully saturated rings. The normalized spacial score (nSPS) is 19.9. The van der Waals surface area contributed by atoms with Crippen LogP contribution in [0.15, 0.2) is 30.5 Å². The van der Waals surface area contributed by atoms with Crippen LogP contribution in [0, 0.1) is 0 Å². The maximum absolute atomic E-state index is 12.9. The minimum absolute atomic E-state index is 0.0284. The summed E-state index contributed by atoms with van der Waals surface area (Å²) in [5, 5.41) is 0.516. The Morgan fingerprint density at radius 3 is 2.87 bits per heavy atom. The van der Waals surface area contributed by atoms with Gasteiger partial charge in [-0.05, 0) is 17.7 Å². The third-order valence-corrected chi connectivity index (χ3v) is 5.60. The van der Waals surface area contributed by atoms with Crippen LogP contribution in [0.25, 0.3) is 0 Å². The van der Waals surface area contributed by atoms with Crippen molar-refractivity contribution in [3.63, 3.8) is 0 Å². The molecule has 0 amide bonds. The Bertz CT molecular complexity index is 672. The molecular formula is C15H16F3N3S2. The molecule has 3 rings (SSSR count). The predicted molar refractivity (Wildman–Crippen MR) is 88.4 cm³/mol. The Labute approximate surface area is 140 Å². The number of benzene rings is 1. The average Bonchev–Trinajstić information content (AvgIpc) is 2.92. The fourth-order valence-electron chi connectivity index (χ4n) is 2.65. The first-order valence-electron chi connectivity index (χ1n) is 7.12. The van der Waals surface area contributed by atoms with Gasteiger partial charge >= 0.3 is 6.18 Å². The number of alkyl halides is 3. The molecular weight excluding hydrogens is 343 g/mol. The van der Waals surface area contributed by atoms with Crippen LogP contribution in [0.4, 0.5) is 18.3 Å². The van der Waals surface area contributed by atoms with Crippen LogP contribution in [0.1, 0.15) is 22.0 Å². The maximum Gasteiger partial charge on any atom is 0.416 e. The first-order chi connectivity index (χ1) is 10.9. The van der Waals surface area contributed by atoms with Gasteiger partial charge in [-0.25, -0.2) is 4.98 Å². The standard InChI is InChI=1S/C15H16F3N3S2/c16-15(17,18)11-3-1-2-10(6-11)13-9-22-5-4-21(13)8-12-7-20-14(19)23-12/h1-3,6-7,13H,4-5,8-9H2,(H2,19,20). The highest BCUT2D eigenvalue weighted by atomic mass is 32.2. The molecule has 0 radical (unpaired) electrons. The molecule has 1 aromatic heterocycles. The first-order valence-corrected chi connectivity index (χ1v) is 9.10. The van der Waals surface area contributed by atoms with E-state index in [1.807, 2.05) is 0 Å². The lowest BCUT2D eigenvalue weighted by Crippen LogP contribution is -2.35. The summed E-state index contributed by atoms with van der Waals surface area (Å²) in [6, 6.07) is 5.62. The van der Waals surface area contributed by atoms with E-state index in [-0.39, 0.29) is 6.04 Å². The van der Waals surface area contributed by atoms with Gasteiger partial charge in [-0.2, -0.15) is 24.9 Å². The maximum atomic E-state index is 12.9. The summed E-state index contributed by atoms with van der Waals surface area (Å²) in [7, 11) is 0. The van der Waals surface area contributed by atoms with Crippen molar-refractivity contribution < 1.29 is 13.2 Å². The summed E-state index contributed by atoms with van der Waals surface area (Å²) in [5.41, 5.74) is 5.78. The number of nitrogen functional groups attached to an aromatic ring is 1. The van der Waals surface area contributed by atoms with Gasteiger partial charge in [0.1, 0.15) is 0 Å². The molecule has 3 nitrogen and oxygen atoms in total. The zero-order valence-corrected chi connectivity index (χ0v) is 13.8. The molecule has 124 valence electrons. The molecule has 0 saturated carbocycles. The lowest BCUT2D eigenvalue weighted by atomic mass is 10.0. The zero-order valence-electron chi connectivity index (χ0n) is 12.2. The summed E-state index contributed by atoms with van der Waals surface area (Å²) >= 11 is 3.20. The van der Waals surface area contributed by atoms with E-state index in [9.17, 15) is 13.2 Å². The minimum atomic E-state index is -4.31. The number of aromatic nitrogens is 1. The van der Waals surface area contributed by atoms with Gasteiger partial charge in [-0.1, -0.05) is 12.1 Å². The third-order valence-electron chi connectivity index (χ3n) is 3.77. The molecule has 1 aromatic carbocycles. The number of thiazole rings is 1. The van der Waals surface area contributed by atoms with Crippen LogP contribution in [0.3, 0.4) is 0 Å². The topological polar surface area (TPSA) is 42.1 Å². The second kappa shape index (κ2) is 6.70. The Balaban J connectivity index is 1.83. The van der Waals surface area contributed by atoms with E-state index < -0.39 is 11.7 Å². The van der Waals surface area contributed by atoms with Gasteiger partial charge < -0.3 is 5.73 Å². The van der Waals surface area contributed by atoms with Crippen molar-refractivity contribution in [3.05, 3.63) is 46.5 Å². The van der Waals surface area contributed by atoms with Crippen LogP contribution in [-0.4, -0.2) is 27.9 Å². The van der Waals surface area contributed by atoms with E-state index in [2.05, 4.69) is 9.88 Å². The quantitative estimate of drug-likeness (QED) is 0.898. The molecule has 1 atom stereocenters. The van der Waals surface area contributed by atoms with Crippen LogP contribution in [-0.2, 0) is 12.7 Å². The molecule has 2 N–H and O–H groups in total. The number of nitrogens with two attached hydrogens (primary N) is 1. The molecule has 0 spiro atoms. The minimum Gasteiger partial charge on any atom is -0.375 e. The highest BCUT2D eigenvalue weighted by Crippen LogP contribution is 2.35. The summed E-state index contributed by atoms with van der Waals surface area (Å²) in [6.45, 7) is 1.50.